The number of rotatable bonds is 5. The van der Waals surface area contributed by atoms with Gasteiger partial charge in [-0.1, -0.05) is 19.1 Å². The first kappa shape index (κ1) is 26.5. The highest BCUT2D eigenvalue weighted by molar-refractivity contribution is 5.96. The number of H-pyrrole nitrogens is 1. The minimum absolute atomic E-state index is 0.0893. The summed E-state index contributed by atoms with van der Waals surface area (Å²) < 4.78 is 20.7. The number of halogens is 1. The second-order valence-corrected chi connectivity index (χ2v) is 11.2. The van der Waals surface area contributed by atoms with Crippen LogP contribution in [0.3, 0.4) is 0 Å². The van der Waals surface area contributed by atoms with Crippen molar-refractivity contribution in [1.29, 1.82) is 0 Å². The molecule has 206 valence electrons. The maximum Gasteiger partial charge on any atom is 0.410 e. The minimum atomic E-state index is -0.595. The lowest BCUT2D eigenvalue weighted by atomic mass is 9.95. The zero-order chi connectivity index (χ0) is 27.9. The predicted octanol–water partition coefficient (Wildman–Crippen LogP) is 3.51. The number of aromatic amines is 1. The van der Waals surface area contributed by atoms with Crippen molar-refractivity contribution in [2.75, 3.05) is 19.6 Å². The van der Waals surface area contributed by atoms with E-state index in [1.165, 1.54) is 17.0 Å². The molecule has 1 saturated heterocycles. The van der Waals surface area contributed by atoms with Crippen LogP contribution >= 0.6 is 0 Å². The monoisotopic (exact) mass is 536 g/mol. The molecule has 5 rings (SSSR count). The summed E-state index contributed by atoms with van der Waals surface area (Å²) >= 11 is 0. The molecule has 3 amide bonds. The van der Waals surface area contributed by atoms with Crippen molar-refractivity contribution >= 4 is 17.9 Å². The van der Waals surface area contributed by atoms with E-state index in [1.54, 1.807) is 60.8 Å². The Morgan fingerprint density at radius 3 is 2.46 bits per heavy atom. The highest BCUT2D eigenvalue weighted by Crippen LogP contribution is 2.32. The molecule has 4 heterocycles. The van der Waals surface area contributed by atoms with E-state index in [-0.39, 0.29) is 41.8 Å². The number of nitrogens with zero attached hydrogens (tertiary/aromatic N) is 4. The van der Waals surface area contributed by atoms with Gasteiger partial charge in [0.1, 0.15) is 17.1 Å². The number of hydrogen-bond acceptors (Lipinski definition) is 5. The minimum Gasteiger partial charge on any atom is -0.444 e. The Balaban J connectivity index is 1.37. The van der Waals surface area contributed by atoms with Crippen LogP contribution in [0.5, 0.6) is 0 Å². The first-order chi connectivity index (χ1) is 18.5. The number of hydrogen-bond donors (Lipinski definition) is 2. The molecule has 11 heteroatoms. The molecule has 2 N–H and O–H groups in total. The molecule has 39 heavy (non-hydrogen) atoms. The third-order valence-electron chi connectivity index (χ3n) is 6.85. The van der Waals surface area contributed by atoms with E-state index >= 15 is 0 Å². The zero-order valence-corrected chi connectivity index (χ0v) is 22.5. The Morgan fingerprint density at radius 1 is 1.10 bits per heavy atom. The number of ether oxygens (including phenoxy) is 1. The van der Waals surface area contributed by atoms with E-state index in [1.807, 2.05) is 6.92 Å². The summed E-state index contributed by atoms with van der Waals surface area (Å²) in [5.41, 5.74) is 2.55. The van der Waals surface area contributed by atoms with Crippen LogP contribution in [0, 0.1) is 5.82 Å². The van der Waals surface area contributed by atoms with Gasteiger partial charge < -0.3 is 24.8 Å². The van der Waals surface area contributed by atoms with Crippen LogP contribution in [0.15, 0.2) is 42.6 Å². The van der Waals surface area contributed by atoms with Gasteiger partial charge in [-0.05, 0) is 50.6 Å². The Labute approximate surface area is 226 Å². The number of likely N-dealkylation sites (tertiary alicyclic amines) is 1. The fourth-order valence-electron chi connectivity index (χ4n) is 5.05. The van der Waals surface area contributed by atoms with E-state index in [0.29, 0.717) is 37.4 Å². The van der Waals surface area contributed by atoms with Crippen LogP contribution in [0.4, 0.5) is 9.18 Å². The standard InChI is InChI=1S/C28H33FN6O4/c1-17-12-33(26(37)22-6-5-11-30-22)16-21-23(32-35(24(17)21)13-18-7-9-19(29)10-8-18)25(36)31-20-14-34(15-20)27(38)39-28(2,3)4/h5-11,17,20,30H,12-16H2,1-4H3,(H,31,36). The van der Waals surface area contributed by atoms with E-state index in [9.17, 15) is 18.8 Å². The van der Waals surface area contributed by atoms with Gasteiger partial charge in [-0.3, -0.25) is 14.3 Å². The van der Waals surface area contributed by atoms with Crippen molar-refractivity contribution in [2.24, 2.45) is 0 Å². The largest absolute Gasteiger partial charge is 0.444 e. The molecule has 0 saturated carbocycles. The van der Waals surface area contributed by atoms with Gasteiger partial charge in [0.2, 0.25) is 0 Å². The molecule has 1 fully saturated rings. The molecule has 3 aromatic rings. The molecule has 10 nitrogen and oxygen atoms in total. The van der Waals surface area contributed by atoms with Gasteiger partial charge in [-0.25, -0.2) is 9.18 Å². The molecule has 1 aromatic carbocycles. The number of nitrogens with one attached hydrogen (secondary N) is 2. The van der Waals surface area contributed by atoms with Crippen molar-refractivity contribution in [3.8, 4) is 0 Å². The van der Waals surface area contributed by atoms with E-state index in [0.717, 1.165) is 11.3 Å². The summed E-state index contributed by atoms with van der Waals surface area (Å²) in [7, 11) is 0. The van der Waals surface area contributed by atoms with Crippen molar-refractivity contribution in [2.45, 2.75) is 58.3 Å². The Kier molecular flexibility index (Phi) is 6.92. The van der Waals surface area contributed by atoms with Crippen LogP contribution < -0.4 is 5.32 Å². The quantitative estimate of drug-likeness (QED) is 0.518. The number of aromatic nitrogens is 3. The van der Waals surface area contributed by atoms with Gasteiger partial charge in [0.05, 0.1) is 19.1 Å². The molecular weight excluding hydrogens is 503 g/mol. The van der Waals surface area contributed by atoms with Crippen molar-refractivity contribution < 1.29 is 23.5 Å². The number of benzene rings is 1. The molecule has 1 atom stereocenters. The SMILES string of the molecule is CC1CN(C(=O)c2ccc[nH]2)Cc2c(C(=O)NC3CN(C(=O)OC(C)(C)C)C3)nn(Cc3ccc(F)cc3)c21. The van der Waals surface area contributed by atoms with Gasteiger partial charge in [-0.2, -0.15) is 5.10 Å². The maximum atomic E-state index is 13.5. The fraction of sp³-hybridized carbons (Fsp3) is 0.429. The Morgan fingerprint density at radius 2 is 1.82 bits per heavy atom. The first-order valence-corrected chi connectivity index (χ1v) is 13.0. The predicted molar refractivity (Wildman–Crippen MR) is 141 cm³/mol. The zero-order valence-electron chi connectivity index (χ0n) is 22.5. The lowest BCUT2D eigenvalue weighted by Gasteiger charge is -2.39. The summed E-state index contributed by atoms with van der Waals surface area (Å²) in [6, 6.07) is 9.43. The molecular formula is C28H33FN6O4. The topological polar surface area (TPSA) is 113 Å². The Bertz CT molecular complexity index is 1370. The van der Waals surface area contributed by atoms with E-state index in [4.69, 9.17) is 9.84 Å². The third kappa shape index (κ3) is 5.67. The second-order valence-electron chi connectivity index (χ2n) is 11.2. The fourth-order valence-corrected chi connectivity index (χ4v) is 5.05. The van der Waals surface area contributed by atoms with Crippen molar-refractivity contribution in [3.63, 3.8) is 0 Å². The van der Waals surface area contributed by atoms with Crippen LogP contribution in [0.25, 0.3) is 0 Å². The lowest BCUT2D eigenvalue weighted by molar-refractivity contribution is 0.00529. The molecule has 2 aromatic heterocycles. The summed E-state index contributed by atoms with van der Waals surface area (Å²) in [4.78, 5) is 45.1. The molecule has 0 spiro atoms. The van der Waals surface area contributed by atoms with E-state index in [2.05, 4.69) is 10.3 Å². The summed E-state index contributed by atoms with van der Waals surface area (Å²) in [5, 5.41) is 7.67. The number of carbonyl (C=O) groups excluding carboxylic acids is 3. The normalized spacial score (nSPS) is 17.4. The van der Waals surface area contributed by atoms with Crippen LogP contribution in [-0.4, -0.2) is 73.7 Å². The maximum absolute atomic E-state index is 13.5. The van der Waals surface area contributed by atoms with Crippen molar-refractivity contribution in [3.05, 3.63) is 76.6 Å². The summed E-state index contributed by atoms with van der Waals surface area (Å²) in [6.07, 6.45) is 1.28. The van der Waals surface area contributed by atoms with Crippen LogP contribution in [0.1, 0.15) is 71.4 Å². The first-order valence-electron chi connectivity index (χ1n) is 13.0. The molecule has 0 aliphatic carbocycles. The average Bonchev–Trinajstić information content (AvgIpc) is 3.49. The molecule has 1 unspecified atom stereocenters. The van der Waals surface area contributed by atoms with Gasteiger partial charge >= 0.3 is 6.09 Å². The molecule has 0 bridgehead atoms. The van der Waals surface area contributed by atoms with Crippen LogP contribution in [-0.2, 0) is 17.8 Å². The lowest BCUT2D eigenvalue weighted by Crippen LogP contribution is -2.61. The summed E-state index contributed by atoms with van der Waals surface area (Å²) in [6.45, 7) is 9.16. The van der Waals surface area contributed by atoms with Gasteiger partial charge in [-0.15, -0.1) is 0 Å². The van der Waals surface area contributed by atoms with Gasteiger partial charge in [0.25, 0.3) is 11.8 Å². The third-order valence-corrected chi connectivity index (χ3v) is 6.85. The molecule has 2 aliphatic rings. The smallest absolute Gasteiger partial charge is 0.410 e. The average molecular weight is 537 g/mol. The highest BCUT2D eigenvalue weighted by atomic mass is 19.1. The number of fused-ring (bicyclic) bond motifs is 1. The Hall–Kier alpha value is -4.15. The summed E-state index contributed by atoms with van der Waals surface area (Å²) in [5.74, 6) is -0.927. The van der Waals surface area contributed by atoms with Gasteiger partial charge in [0, 0.05) is 43.0 Å². The van der Waals surface area contributed by atoms with Gasteiger partial charge in [0.15, 0.2) is 5.69 Å². The van der Waals surface area contributed by atoms with Crippen LogP contribution in [0.2, 0.25) is 0 Å². The second kappa shape index (κ2) is 10.2. The molecule has 2 aliphatic heterocycles. The van der Waals surface area contributed by atoms with E-state index < -0.39 is 11.7 Å². The number of amides is 3. The number of carbonyl (C=O) groups is 3. The molecule has 0 radical (unpaired) electrons. The highest BCUT2D eigenvalue weighted by Gasteiger charge is 2.38. The van der Waals surface area contributed by atoms with Crippen molar-refractivity contribution in [1.82, 2.24) is 29.9 Å².